The second kappa shape index (κ2) is 8.19. The molecule has 25 heavy (non-hydrogen) atoms. The molecular formula is C19H22N2O4. The SMILES string of the molecule is COc1ccc(C)cc1C(=O)NNC(=O)COc1c(C)cccc1C. The van der Waals surface area contributed by atoms with E-state index in [4.69, 9.17) is 9.47 Å². The van der Waals surface area contributed by atoms with Crippen LogP contribution in [0.4, 0.5) is 0 Å². The van der Waals surface area contributed by atoms with E-state index in [0.29, 0.717) is 17.1 Å². The number of hydrazine groups is 1. The molecule has 2 amide bonds. The van der Waals surface area contributed by atoms with Gasteiger partial charge in [0.2, 0.25) is 0 Å². The molecule has 2 rings (SSSR count). The number of carbonyl (C=O) groups is 2. The van der Waals surface area contributed by atoms with Crippen molar-refractivity contribution in [3.63, 3.8) is 0 Å². The number of ether oxygens (including phenoxy) is 2. The number of nitrogens with one attached hydrogen (secondary N) is 2. The molecule has 0 atom stereocenters. The van der Waals surface area contributed by atoms with Gasteiger partial charge in [-0.25, -0.2) is 0 Å². The van der Waals surface area contributed by atoms with Gasteiger partial charge in [-0.05, 0) is 44.0 Å². The van der Waals surface area contributed by atoms with Crippen LogP contribution in [0.1, 0.15) is 27.0 Å². The van der Waals surface area contributed by atoms with Crippen LogP contribution in [-0.2, 0) is 4.79 Å². The van der Waals surface area contributed by atoms with Crippen molar-refractivity contribution in [2.45, 2.75) is 20.8 Å². The number of amides is 2. The quantitative estimate of drug-likeness (QED) is 0.819. The molecule has 2 aromatic rings. The van der Waals surface area contributed by atoms with Crippen LogP contribution in [0.3, 0.4) is 0 Å². The molecule has 0 unspecified atom stereocenters. The van der Waals surface area contributed by atoms with E-state index in [9.17, 15) is 9.59 Å². The predicted octanol–water partition coefficient (Wildman–Crippen LogP) is 2.46. The largest absolute Gasteiger partial charge is 0.496 e. The Hall–Kier alpha value is -3.02. The first-order valence-corrected chi connectivity index (χ1v) is 7.85. The van der Waals surface area contributed by atoms with Gasteiger partial charge in [0.25, 0.3) is 11.8 Å². The zero-order valence-electron chi connectivity index (χ0n) is 14.8. The molecule has 0 radical (unpaired) electrons. The number of benzene rings is 2. The van der Waals surface area contributed by atoms with Crippen molar-refractivity contribution in [1.82, 2.24) is 10.9 Å². The fourth-order valence-corrected chi connectivity index (χ4v) is 2.39. The number of methoxy groups -OCH3 is 1. The van der Waals surface area contributed by atoms with Gasteiger partial charge in [-0.15, -0.1) is 0 Å². The molecule has 0 saturated carbocycles. The Balaban J connectivity index is 1.92. The summed E-state index contributed by atoms with van der Waals surface area (Å²) in [5, 5.41) is 0. The van der Waals surface area contributed by atoms with E-state index in [2.05, 4.69) is 10.9 Å². The normalized spacial score (nSPS) is 10.1. The molecular weight excluding hydrogens is 320 g/mol. The smallest absolute Gasteiger partial charge is 0.276 e. The van der Waals surface area contributed by atoms with Crippen LogP contribution >= 0.6 is 0 Å². The fraction of sp³-hybridized carbons (Fsp3) is 0.263. The molecule has 132 valence electrons. The first-order chi connectivity index (χ1) is 11.9. The first-order valence-electron chi connectivity index (χ1n) is 7.85. The van der Waals surface area contributed by atoms with E-state index >= 15 is 0 Å². The minimum absolute atomic E-state index is 0.197. The van der Waals surface area contributed by atoms with Crippen LogP contribution in [0.25, 0.3) is 0 Å². The van der Waals surface area contributed by atoms with Crippen molar-refractivity contribution in [1.29, 1.82) is 0 Å². The van der Waals surface area contributed by atoms with Gasteiger partial charge < -0.3 is 9.47 Å². The number of rotatable bonds is 5. The Morgan fingerprint density at radius 2 is 1.68 bits per heavy atom. The lowest BCUT2D eigenvalue weighted by Gasteiger charge is -2.13. The van der Waals surface area contributed by atoms with E-state index < -0.39 is 11.8 Å². The van der Waals surface area contributed by atoms with Gasteiger partial charge in [0.05, 0.1) is 12.7 Å². The van der Waals surface area contributed by atoms with Crippen LogP contribution in [0.2, 0.25) is 0 Å². The molecule has 0 saturated heterocycles. The molecule has 0 heterocycles. The van der Waals surface area contributed by atoms with Crippen molar-refractivity contribution in [3.8, 4) is 11.5 Å². The standard InChI is InChI=1S/C19H22N2O4/c1-12-8-9-16(24-4)15(10-12)19(23)21-20-17(22)11-25-18-13(2)6-5-7-14(18)3/h5-10H,11H2,1-4H3,(H,20,22)(H,21,23). The predicted molar refractivity (Wildman–Crippen MR) is 94.8 cm³/mol. The Kier molecular flexibility index (Phi) is 6.00. The topological polar surface area (TPSA) is 76.7 Å². The summed E-state index contributed by atoms with van der Waals surface area (Å²) in [5.41, 5.74) is 7.86. The third-order valence-corrected chi connectivity index (χ3v) is 3.67. The lowest BCUT2D eigenvalue weighted by Crippen LogP contribution is -2.44. The molecule has 0 aliphatic rings. The summed E-state index contributed by atoms with van der Waals surface area (Å²) < 4.78 is 10.7. The van der Waals surface area contributed by atoms with Gasteiger partial charge >= 0.3 is 0 Å². The van der Waals surface area contributed by atoms with E-state index in [1.807, 2.05) is 45.0 Å². The number of carbonyl (C=O) groups excluding carboxylic acids is 2. The Morgan fingerprint density at radius 1 is 1.00 bits per heavy atom. The average molecular weight is 342 g/mol. The Morgan fingerprint density at radius 3 is 2.32 bits per heavy atom. The van der Waals surface area contributed by atoms with Crippen molar-refractivity contribution < 1.29 is 19.1 Å². The summed E-state index contributed by atoms with van der Waals surface area (Å²) in [5.74, 6) is 0.192. The van der Waals surface area contributed by atoms with Crippen LogP contribution < -0.4 is 20.3 Å². The summed E-state index contributed by atoms with van der Waals surface area (Å²) in [6, 6.07) is 11.0. The third-order valence-electron chi connectivity index (χ3n) is 3.67. The van der Waals surface area contributed by atoms with E-state index in [1.54, 1.807) is 12.1 Å². The number of para-hydroxylation sites is 1. The number of hydrogen-bond acceptors (Lipinski definition) is 4. The monoisotopic (exact) mass is 342 g/mol. The molecule has 2 N–H and O–H groups in total. The van der Waals surface area contributed by atoms with Crippen molar-refractivity contribution >= 4 is 11.8 Å². The number of aryl methyl sites for hydroxylation is 3. The molecule has 2 aromatic carbocycles. The van der Waals surface area contributed by atoms with Crippen LogP contribution in [0, 0.1) is 20.8 Å². The van der Waals surface area contributed by atoms with Gasteiger partial charge in [-0.1, -0.05) is 29.8 Å². The van der Waals surface area contributed by atoms with Crippen molar-refractivity contribution in [3.05, 3.63) is 58.7 Å². The van der Waals surface area contributed by atoms with Gasteiger partial charge in [-0.3, -0.25) is 20.4 Å². The average Bonchev–Trinajstić information content (AvgIpc) is 2.59. The molecule has 0 aliphatic carbocycles. The van der Waals surface area contributed by atoms with Crippen LogP contribution in [-0.4, -0.2) is 25.5 Å². The van der Waals surface area contributed by atoms with Crippen molar-refractivity contribution in [2.24, 2.45) is 0 Å². The maximum Gasteiger partial charge on any atom is 0.276 e. The zero-order valence-corrected chi connectivity index (χ0v) is 14.8. The minimum Gasteiger partial charge on any atom is -0.496 e. The highest BCUT2D eigenvalue weighted by molar-refractivity contribution is 5.98. The highest BCUT2D eigenvalue weighted by Gasteiger charge is 2.14. The lowest BCUT2D eigenvalue weighted by atomic mass is 10.1. The van der Waals surface area contributed by atoms with Gasteiger partial charge in [0, 0.05) is 0 Å². The minimum atomic E-state index is -0.457. The third kappa shape index (κ3) is 4.73. The van der Waals surface area contributed by atoms with Crippen LogP contribution in [0.5, 0.6) is 11.5 Å². The molecule has 0 fully saturated rings. The summed E-state index contributed by atoms with van der Waals surface area (Å²) >= 11 is 0. The summed E-state index contributed by atoms with van der Waals surface area (Å²) in [6.45, 7) is 5.49. The Bertz CT molecular complexity index is 767. The zero-order chi connectivity index (χ0) is 18.4. The summed E-state index contributed by atoms with van der Waals surface area (Å²) in [4.78, 5) is 24.1. The Labute approximate surface area is 147 Å². The first kappa shape index (κ1) is 18.3. The van der Waals surface area contributed by atoms with E-state index in [-0.39, 0.29) is 6.61 Å². The molecule has 0 aliphatic heterocycles. The highest BCUT2D eigenvalue weighted by Crippen LogP contribution is 2.22. The van der Waals surface area contributed by atoms with Gasteiger partial charge in [0.1, 0.15) is 11.5 Å². The molecule has 0 aromatic heterocycles. The lowest BCUT2D eigenvalue weighted by molar-refractivity contribution is -0.123. The van der Waals surface area contributed by atoms with E-state index in [1.165, 1.54) is 7.11 Å². The van der Waals surface area contributed by atoms with Gasteiger partial charge in [-0.2, -0.15) is 0 Å². The molecule has 6 nitrogen and oxygen atoms in total. The van der Waals surface area contributed by atoms with E-state index in [0.717, 1.165) is 16.7 Å². The second-order valence-electron chi connectivity index (χ2n) is 5.72. The maximum atomic E-state index is 12.2. The van der Waals surface area contributed by atoms with Crippen molar-refractivity contribution in [2.75, 3.05) is 13.7 Å². The molecule has 0 bridgehead atoms. The van der Waals surface area contributed by atoms with Crippen LogP contribution in [0.15, 0.2) is 36.4 Å². The fourth-order valence-electron chi connectivity index (χ4n) is 2.39. The summed E-state index contributed by atoms with van der Waals surface area (Å²) in [6.07, 6.45) is 0. The summed E-state index contributed by atoms with van der Waals surface area (Å²) in [7, 11) is 1.48. The maximum absolute atomic E-state index is 12.2. The molecule has 6 heteroatoms. The second-order valence-corrected chi connectivity index (χ2v) is 5.72. The van der Waals surface area contributed by atoms with Gasteiger partial charge in [0.15, 0.2) is 6.61 Å². The highest BCUT2D eigenvalue weighted by atomic mass is 16.5. The molecule has 0 spiro atoms. The number of hydrogen-bond donors (Lipinski definition) is 2.